The number of hydrogen-bond donors (Lipinski definition) is 3. The molecule has 1 heterocycles. The molecule has 2 rings (SSSR count). The Hall–Kier alpha value is -2.89. The number of pyridine rings is 1. The first-order valence-electron chi connectivity index (χ1n) is 5.77. The van der Waals surface area contributed by atoms with Crippen molar-refractivity contribution < 1.29 is 19.8 Å². The number of benzene rings is 1. The summed E-state index contributed by atoms with van der Waals surface area (Å²) in [4.78, 5) is 26.5. The molecule has 0 aliphatic heterocycles. The third-order valence-electron chi connectivity index (χ3n) is 2.65. The van der Waals surface area contributed by atoms with E-state index in [1.807, 2.05) is 0 Å². The third kappa shape index (κ3) is 2.92. The lowest BCUT2D eigenvalue weighted by Crippen LogP contribution is -2.13. The van der Waals surface area contributed by atoms with E-state index in [9.17, 15) is 14.7 Å². The smallest absolute Gasteiger partial charge is 0.337 e. The molecule has 20 heavy (non-hydrogen) atoms. The van der Waals surface area contributed by atoms with Gasteiger partial charge in [-0.2, -0.15) is 0 Å². The van der Waals surface area contributed by atoms with E-state index in [0.29, 0.717) is 0 Å². The topological polar surface area (TPSA) is 99.5 Å². The first-order valence-corrected chi connectivity index (χ1v) is 5.77. The van der Waals surface area contributed by atoms with Crippen LogP contribution in [0.15, 0.2) is 36.5 Å². The van der Waals surface area contributed by atoms with E-state index >= 15 is 0 Å². The number of aryl methyl sites for hydroxylation is 1. The summed E-state index contributed by atoms with van der Waals surface area (Å²) in [5.41, 5.74) is 0.998. The fourth-order valence-electron chi connectivity index (χ4n) is 1.61. The lowest BCUT2D eigenvalue weighted by molar-refractivity contribution is 0.0696. The number of aromatic nitrogens is 1. The molecule has 0 fully saturated rings. The maximum absolute atomic E-state index is 12.0. The normalized spacial score (nSPS) is 10.1. The number of aromatic hydroxyl groups is 1. The number of carboxylic acids is 1. The summed E-state index contributed by atoms with van der Waals surface area (Å²) >= 11 is 0. The predicted octanol–water partition coefficient (Wildman–Crippen LogP) is 2.05. The molecule has 6 heteroatoms. The molecule has 1 aromatic carbocycles. The van der Waals surface area contributed by atoms with E-state index < -0.39 is 11.9 Å². The van der Waals surface area contributed by atoms with Gasteiger partial charge in [0.25, 0.3) is 5.91 Å². The fraction of sp³-hybridized carbons (Fsp3) is 0.0714. The van der Waals surface area contributed by atoms with Crippen LogP contribution in [-0.2, 0) is 0 Å². The van der Waals surface area contributed by atoms with Crippen LogP contribution in [0.1, 0.15) is 26.3 Å². The number of carbonyl (C=O) groups is 2. The zero-order chi connectivity index (χ0) is 14.7. The Kier molecular flexibility index (Phi) is 3.65. The Bertz CT molecular complexity index is 665. The number of phenolic OH excluding ortho intramolecular Hbond substituents is 1. The number of rotatable bonds is 3. The number of aromatic carboxylic acids is 1. The maximum Gasteiger partial charge on any atom is 0.337 e. The third-order valence-corrected chi connectivity index (χ3v) is 2.65. The van der Waals surface area contributed by atoms with Gasteiger partial charge in [-0.25, -0.2) is 9.78 Å². The van der Waals surface area contributed by atoms with E-state index in [-0.39, 0.29) is 22.7 Å². The quantitative estimate of drug-likeness (QED) is 0.794. The van der Waals surface area contributed by atoms with E-state index in [2.05, 4.69) is 10.3 Å². The van der Waals surface area contributed by atoms with Crippen LogP contribution in [0.25, 0.3) is 0 Å². The van der Waals surface area contributed by atoms with Crippen LogP contribution in [-0.4, -0.2) is 27.1 Å². The number of anilines is 1. The van der Waals surface area contributed by atoms with Crippen molar-refractivity contribution in [3.05, 3.63) is 53.2 Å². The lowest BCUT2D eigenvalue weighted by Gasteiger charge is -2.07. The number of carboxylic acid groups (broad SMARTS) is 1. The minimum Gasteiger partial charge on any atom is -0.507 e. The van der Waals surface area contributed by atoms with Gasteiger partial charge in [0.2, 0.25) is 0 Å². The van der Waals surface area contributed by atoms with Crippen LogP contribution >= 0.6 is 0 Å². The number of nitrogens with one attached hydrogen (secondary N) is 1. The van der Waals surface area contributed by atoms with Crippen molar-refractivity contribution in [2.24, 2.45) is 0 Å². The highest BCUT2D eigenvalue weighted by atomic mass is 16.4. The van der Waals surface area contributed by atoms with E-state index in [4.69, 9.17) is 5.11 Å². The highest BCUT2D eigenvalue weighted by Gasteiger charge is 2.12. The van der Waals surface area contributed by atoms with Crippen molar-refractivity contribution in [2.45, 2.75) is 6.92 Å². The van der Waals surface area contributed by atoms with Crippen molar-refractivity contribution in [1.29, 1.82) is 0 Å². The molecule has 0 saturated carbocycles. The zero-order valence-electron chi connectivity index (χ0n) is 10.6. The minimum atomic E-state index is -1.09. The molecule has 0 aliphatic carbocycles. The monoisotopic (exact) mass is 272 g/mol. The van der Waals surface area contributed by atoms with Crippen LogP contribution in [0.5, 0.6) is 5.75 Å². The highest BCUT2D eigenvalue weighted by molar-refractivity contribution is 6.05. The molecule has 0 atom stereocenters. The molecule has 0 unspecified atom stereocenters. The average Bonchev–Trinajstić information content (AvgIpc) is 2.42. The predicted molar refractivity (Wildman–Crippen MR) is 72.0 cm³/mol. The van der Waals surface area contributed by atoms with Crippen molar-refractivity contribution in [3.8, 4) is 5.75 Å². The van der Waals surface area contributed by atoms with Crippen molar-refractivity contribution in [2.75, 3.05) is 5.32 Å². The maximum atomic E-state index is 12.0. The van der Waals surface area contributed by atoms with Gasteiger partial charge in [0, 0.05) is 6.20 Å². The largest absolute Gasteiger partial charge is 0.507 e. The summed E-state index contributed by atoms with van der Waals surface area (Å²) in [6.45, 7) is 1.80. The summed E-state index contributed by atoms with van der Waals surface area (Å²) in [5, 5.41) is 20.9. The Morgan fingerprint density at radius 3 is 2.55 bits per heavy atom. The molecule has 1 aromatic heterocycles. The van der Waals surface area contributed by atoms with Gasteiger partial charge in [0.05, 0.1) is 11.1 Å². The molecule has 0 radical (unpaired) electrons. The van der Waals surface area contributed by atoms with Gasteiger partial charge in [0.1, 0.15) is 11.6 Å². The lowest BCUT2D eigenvalue weighted by atomic mass is 10.1. The van der Waals surface area contributed by atoms with E-state index in [1.54, 1.807) is 19.1 Å². The van der Waals surface area contributed by atoms with E-state index in [0.717, 1.165) is 11.8 Å². The van der Waals surface area contributed by atoms with Gasteiger partial charge >= 0.3 is 5.97 Å². The molecule has 0 bridgehead atoms. The van der Waals surface area contributed by atoms with Gasteiger partial charge in [-0.15, -0.1) is 0 Å². The molecule has 0 aliphatic rings. The Morgan fingerprint density at radius 1 is 1.20 bits per heavy atom. The summed E-state index contributed by atoms with van der Waals surface area (Å²) in [6.07, 6.45) is 1.15. The number of carbonyl (C=O) groups excluding carboxylic acids is 1. The van der Waals surface area contributed by atoms with Gasteiger partial charge < -0.3 is 15.5 Å². The molecule has 2 aromatic rings. The molecule has 3 N–H and O–H groups in total. The average molecular weight is 272 g/mol. The molecule has 6 nitrogen and oxygen atoms in total. The SMILES string of the molecule is Cc1ccc(O)c(C(=O)Nc2ccc(C(=O)O)cn2)c1. The van der Waals surface area contributed by atoms with Crippen molar-refractivity contribution in [1.82, 2.24) is 4.98 Å². The Labute approximate surface area is 114 Å². The number of amides is 1. The number of hydrogen-bond acceptors (Lipinski definition) is 4. The summed E-state index contributed by atoms with van der Waals surface area (Å²) < 4.78 is 0. The molecule has 0 spiro atoms. The molecule has 102 valence electrons. The first-order chi connectivity index (χ1) is 9.47. The van der Waals surface area contributed by atoms with Crippen LogP contribution in [0.2, 0.25) is 0 Å². The van der Waals surface area contributed by atoms with Gasteiger partial charge in [-0.05, 0) is 31.2 Å². The van der Waals surface area contributed by atoms with Gasteiger partial charge in [-0.1, -0.05) is 11.6 Å². The second kappa shape index (κ2) is 5.40. The van der Waals surface area contributed by atoms with Crippen LogP contribution in [0.3, 0.4) is 0 Å². The first kappa shape index (κ1) is 13.5. The number of nitrogens with zero attached hydrogens (tertiary/aromatic N) is 1. The zero-order valence-corrected chi connectivity index (χ0v) is 10.6. The van der Waals surface area contributed by atoms with Crippen LogP contribution < -0.4 is 5.32 Å². The van der Waals surface area contributed by atoms with Gasteiger partial charge in [0.15, 0.2) is 0 Å². The Morgan fingerprint density at radius 2 is 1.95 bits per heavy atom. The summed E-state index contributed by atoms with van der Waals surface area (Å²) in [5.74, 6) is -1.52. The molecular formula is C14H12N2O4. The molecule has 0 saturated heterocycles. The van der Waals surface area contributed by atoms with Crippen LogP contribution in [0, 0.1) is 6.92 Å². The van der Waals surface area contributed by atoms with Crippen molar-refractivity contribution >= 4 is 17.7 Å². The number of phenols is 1. The van der Waals surface area contributed by atoms with Gasteiger partial charge in [-0.3, -0.25) is 4.79 Å². The second-order valence-electron chi connectivity index (χ2n) is 4.21. The van der Waals surface area contributed by atoms with Crippen LogP contribution in [0.4, 0.5) is 5.82 Å². The standard InChI is InChI=1S/C14H12N2O4/c1-8-2-4-11(17)10(6-8)13(18)16-12-5-3-9(7-15-12)14(19)20/h2-7,17H,1H3,(H,19,20)(H,15,16,18). The highest BCUT2D eigenvalue weighted by Crippen LogP contribution is 2.19. The summed E-state index contributed by atoms with van der Waals surface area (Å²) in [7, 11) is 0. The summed E-state index contributed by atoms with van der Waals surface area (Å²) in [6, 6.07) is 7.39. The molecule has 1 amide bonds. The van der Waals surface area contributed by atoms with Crippen molar-refractivity contribution in [3.63, 3.8) is 0 Å². The Balaban J connectivity index is 2.19. The fourth-order valence-corrected chi connectivity index (χ4v) is 1.61. The molecular weight excluding hydrogens is 260 g/mol. The minimum absolute atomic E-state index is 0.0291. The second-order valence-corrected chi connectivity index (χ2v) is 4.21. The van der Waals surface area contributed by atoms with E-state index in [1.165, 1.54) is 18.2 Å².